The summed E-state index contributed by atoms with van der Waals surface area (Å²) in [6.07, 6.45) is -2.47. The third-order valence-electron chi connectivity index (χ3n) is 3.68. The predicted octanol–water partition coefficient (Wildman–Crippen LogP) is -2.09. The number of β-amino-alcohol motifs (C(OH)–C–C–N with tert-alkyl or cyclic N) is 1. The zero-order valence-electron chi connectivity index (χ0n) is 8.17. The third kappa shape index (κ3) is 1.07. The smallest absolute Gasteiger partial charge is 0.109 e. The Morgan fingerprint density at radius 2 is 2.00 bits per heavy atom. The van der Waals surface area contributed by atoms with Crippen LogP contribution in [-0.2, 0) is 0 Å². The summed E-state index contributed by atoms with van der Waals surface area (Å²) in [7, 11) is 0. The molecule has 2 fully saturated rings. The van der Waals surface area contributed by atoms with Gasteiger partial charge in [0, 0.05) is 12.6 Å². The van der Waals surface area contributed by atoms with Crippen LogP contribution in [0.2, 0.25) is 0 Å². The number of hydrogen-bond acceptors (Lipinski definition) is 5. The van der Waals surface area contributed by atoms with Crippen LogP contribution in [0.15, 0.2) is 0 Å². The molecule has 0 aromatic heterocycles. The van der Waals surface area contributed by atoms with E-state index in [2.05, 4.69) is 0 Å². The maximum atomic E-state index is 9.79. The average molecular weight is 203 g/mol. The molecule has 2 heterocycles. The second-order valence-electron chi connectivity index (χ2n) is 4.47. The molecule has 0 bridgehead atoms. The van der Waals surface area contributed by atoms with Crippen molar-refractivity contribution in [1.29, 1.82) is 0 Å². The summed E-state index contributed by atoms with van der Waals surface area (Å²) in [4.78, 5) is 1.87. The van der Waals surface area contributed by atoms with E-state index in [1.54, 1.807) is 0 Å². The van der Waals surface area contributed by atoms with Gasteiger partial charge in [0.05, 0.1) is 18.2 Å². The molecular weight excluding hydrogens is 186 g/mol. The van der Waals surface area contributed by atoms with Crippen molar-refractivity contribution in [2.45, 2.75) is 43.2 Å². The van der Waals surface area contributed by atoms with Gasteiger partial charge in [-0.15, -0.1) is 0 Å². The van der Waals surface area contributed by atoms with Gasteiger partial charge >= 0.3 is 0 Å². The van der Waals surface area contributed by atoms with E-state index in [4.69, 9.17) is 0 Å². The van der Waals surface area contributed by atoms with Crippen molar-refractivity contribution < 1.29 is 20.4 Å². The lowest BCUT2D eigenvalue weighted by Gasteiger charge is -2.63. The minimum absolute atomic E-state index is 0.178. The fourth-order valence-electron chi connectivity index (χ4n) is 2.80. The van der Waals surface area contributed by atoms with Gasteiger partial charge < -0.3 is 20.4 Å². The van der Waals surface area contributed by atoms with Gasteiger partial charge in [0.2, 0.25) is 0 Å². The lowest BCUT2D eigenvalue weighted by Crippen LogP contribution is -2.79. The van der Waals surface area contributed by atoms with Crippen LogP contribution in [0.4, 0.5) is 0 Å². The van der Waals surface area contributed by atoms with Crippen LogP contribution in [0.5, 0.6) is 0 Å². The molecule has 0 radical (unpaired) electrons. The predicted molar refractivity (Wildman–Crippen MR) is 48.6 cm³/mol. The van der Waals surface area contributed by atoms with E-state index in [0.29, 0.717) is 13.0 Å². The monoisotopic (exact) mass is 203 g/mol. The minimum atomic E-state index is -1.15. The first-order valence-corrected chi connectivity index (χ1v) is 4.95. The maximum Gasteiger partial charge on any atom is 0.109 e. The molecule has 0 aromatic rings. The van der Waals surface area contributed by atoms with E-state index in [9.17, 15) is 20.4 Å². The molecular formula is C9H17NO4. The summed E-state index contributed by atoms with van der Waals surface area (Å²) in [5, 5.41) is 38.0. The Morgan fingerprint density at radius 3 is 2.50 bits per heavy atom. The topological polar surface area (TPSA) is 84.2 Å². The van der Waals surface area contributed by atoms with Crippen LogP contribution in [-0.4, -0.2) is 68.4 Å². The fraction of sp³-hybridized carbons (Fsp3) is 1.00. The Hall–Kier alpha value is -0.200. The molecule has 2 rings (SSSR count). The summed E-state index contributed by atoms with van der Waals surface area (Å²) in [6, 6.07) is 0.249. The summed E-state index contributed by atoms with van der Waals surface area (Å²) in [5.74, 6) is 0. The van der Waals surface area contributed by atoms with E-state index in [1.807, 2.05) is 11.8 Å². The Labute approximate surface area is 82.6 Å². The van der Waals surface area contributed by atoms with Crippen LogP contribution in [0.3, 0.4) is 0 Å². The van der Waals surface area contributed by atoms with Gasteiger partial charge in [0.15, 0.2) is 0 Å². The number of rotatable bonds is 1. The van der Waals surface area contributed by atoms with Crippen molar-refractivity contribution in [2.24, 2.45) is 0 Å². The first kappa shape index (κ1) is 10.3. The lowest BCUT2D eigenvalue weighted by atomic mass is 9.69. The molecule has 5 atom stereocenters. The van der Waals surface area contributed by atoms with Gasteiger partial charge in [-0.1, -0.05) is 0 Å². The number of piperidine rings is 1. The normalized spacial score (nSPS) is 53.8. The van der Waals surface area contributed by atoms with Gasteiger partial charge in [0.25, 0.3) is 0 Å². The summed E-state index contributed by atoms with van der Waals surface area (Å²) < 4.78 is 0. The number of aliphatic hydroxyl groups excluding tert-OH is 4. The van der Waals surface area contributed by atoms with Crippen molar-refractivity contribution in [3.63, 3.8) is 0 Å². The SMILES string of the molecule is C[C@@H]1C[C@@]2(CO)[C@@H](O)[C@H](O)[C@@H](O)CN12. The van der Waals surface area contributed by atoms with E-state index in [1.165, 1.54) is 0 Å². The van der Waals surface area contributed by atoms with Gasteiger partial charge in [-0.2, -0.15) is 0 Å². The Morgan fingerprint density at radius 1 is 1.36 bits per heavy atom. The summed E-state index contributed by atoms with van der Waals surface area (Å²) in [6.45, 7) is 2.12. The molecule has 0 saturated carbocycles. The Bertz CT molecular complexity index is 233. The highest BCUT2D eigenvalue weighted by Crippen LogP contribution is 2.43. The number of fused-ring (bicyclic) bond motifs is 1. The lowest BCUT2D eigenvalue weighted by molar-refractivity contribution is -0.243. The van der Waals surface area contributed by atoms with Crippen LogP contribution < -0.4 is 0 Å². The van der Waals surface area contributed by atoms with E-state index in [-0.39, 0.29) is 12.6 Å². The molecule has 4 N–H and O–H groups in total. The van der Waals surface area contributed by atoms with Crippen molar-refractivity contribution in [3.8, 4) is 0 Å². The summed E-state index contributed by atoms with van der Waals surface area (Å²) >= 11 is 0. The quantitative estimate of drug-likeness (QED) is 0.393. The molecule has 0 unspecified atom stereocenters. The number of nitrogens with zero attached hydrogens (tertiary/aromatic N) is 1. The van der Waals surface area contributed by atoms with Crippen LogP contribution >= 0.6 is 0 Å². The van der Waals surface area contributed by atoms with Crippen molar-refractivity contribution in [1.82, 2.24) is 4.90 Å². The molecule has 2 saturated heterocycles. The molecule has 5 heteroatoms. The first-order chi connectivity index (χ1) is 6.53. The van der Waals surface area contributed by atoms with Gasteiger partial charge in [-0.3, -0.25) is 4.90 Å². The molecule has 82 valence electrons. The van der Waals surface area contributed by atoms with Gasteiger partial charge in [-0.25, -0.2) is 0 Å². The van der Waals surface area contributed by atoms with Gasteiger partial charge in [-0.05, 0) is 13.3 Å². The van der Waals surface area contributed by atoms with E-state index in [0.717, 1.165) is 0 Å². The van der Waals surface area contributed by atoms with Crippen molar-refractivity contribution in [3.05, 3.63) is 0 Å². The van der Waals surface area contributed by atoms with E-state index >= 15 is 0 Å². The van der Waals surface area contributed by atoms with Crippen molar-refractivity contribution in [2.75, 3.05) is 13.2 Å². The third-order valence-corrected chi connectivity index (χ3v) is 3.68. The second-order valence-corrected chi connectivity index (χ2v) is 4.47. The molecule has 0 aromatic carbocycles. The van der Waals surface area contributed by atoms with Gasteiger partial charge in [0.1, 0.15) is 12.2 Å². The molecule has 14 heavy (non-hydrogen) atoms. The molecule has 0 aliphatic carbocycles. The molecule has 0 spiro atoms. The highest BCUT2D eigenvalue weighted by Gasteiger charge is 2.60. The number of hydrogen-bond donors (Lipinski definition) is 4. The minimum Gasteiger partial charge on any atom is -0.394 e. The molecule has 0 amide bonds. The molecule has 2 aliphatic rings. The summed E-state index contributed by atoms with van der Waals surface area (Å²) in [5.41, 5.74) is -0.724. The highest BCUT2D eigenvalue weighted by atomic mass is 16.4. The average Bonchev–Trinajstić information content (AvgIpc) is 2.18. The Balaban J connectivity index is 2.22. The first-order valence-electron chi connectivity index (χ1n) is 4.95. The maximum absolute atomic E-state index is 9.79. The second kappa shape index (κ2) is 3.15. The van der Waals surface area contributed by atoms with E-state index < -0.39 is 23.9 Å². The van der Waals surface area contributed by atoms with Crippen LogP contribution in [0.25, 0.3) is 0 Å². The molecule has 5 nitrogen and oxygen atoms in total. The Kier molecular flexibility index (Phi) is 2.32. The largest absolute Gasteiger partial charge is 0.394 e. The molecule has 2 aliphatic heterocycles. The van der Waals surface area contributed by atoms with Crippen molar-refractivity contribution >= 4 is 0 Å². The zero-order chi connectivity index (χ0) is 10.5. The van der Waals surface area contributed by atoms with Crippen LogP contribution in [0.1, 0.15) is 13.3 Å². The zero-order valence-corrected chi connectivity index (χ0v) is 8.17. The van der Waals surface area contributed by atoms with Crippen LogP contribution in [0, 0.1) is 0 Å². The highest BCUT2D eigenvalue weighted by molar-refractivity contribution is 5.14. The standard InChI is InChI=1S/C9H17NO4/c1-5-2-9(4-11)8(14)7(13)6(12)3-10(5)9/h5-8,11-14H,2-4H2,1H3/t5-,6+,7-,8+,9-/m1/s1. The fourth-order valence-corrected chi connectivity index (χ4v) is 2.80. The number of aliphatic hydroxyl groups is 4.